The third-order valence-electron chi connectivity index (χ3n) is 2.69. The number of thioether (sulfide) groups is 1. The van der Waals surface area contributed by atoms with E-state index in [1.165, 1.54) is 11.8 Å². The second kappa shape index (κ2) is 7.17. The highest BCUT2D eigenvalue weighted by Crippen LogP contribution is 2.26. The number of hydrogen-bond acceptors (Lipinski definition) is 3. The lowest BCUT2D eigenvalue weighted by Gasteiger charge is -2.25. The molecular formula is C14H20ClNO2S. The molecule has 0 saturated carbocycles. The minimum Gasteiger partial charge on any atom is -0.391 e. The van der Waals surface area contributed by atoms with E-state index in [-0.39, 0.29) is 17.9 Å². The van der Waals surface area contributed by atoms with Gasteiger partial charge in [-0.1, -0.05) is 44.5 Å². The monoisotopic (exact) mass is 301 g/mol. The number of benzene rings is 1. The molecule has 0 aliphatic carbocycles. The molecule has 0 spiro atoms. The first-order valence-corrected chi connectivity index (χ1v) is 7.49. The van der Waals surface area contributed by atoms with E-state index in [0.29, 0.717) is 10.8 Å². The number of carbonyl (C=O) groups excluding carboxylic acids is 1. The first-order valence-electron chi connectivity index (χ1n) is 6.13. The predicted molar refractivity (Wildman–Crippen MR) is 80.6 cm³/mol. The van der Waals surface area contributed by atoms with E-state index < -0.39 is 6.10 Å². The molecule has 0 aliphatic heterocycles. The van der Waals surface area contributed by atoms with Gasteiger partial charge in [0.15, 0.2) is 0 Å². The Morgan fingerprint density at radius 3 is 2.63 bits per heavy atom. The molecule has 1 rings (SSSR count). The number of halogens is 1. The SMILES string of the molecule is CC(C)(C)C(O)CNC(=O)CSc1ccccc1Cl. The lowest BCUT2D eigenvalue weighted by atomic mass is 9.89. The van der Waals surface area contributed by atoms with E-state index in [0.717, 1.165) is 4.90 Å². The topological polar surface area (TPSA) is 49.3 Å². The third-order valence-corrected chi connectivity index (χ3v) is 4.20. The summed E-state index contributed by atoms with van der Waals surface area (Å²) < 4.78 is 0. The minimum absolute atomic E-state index is 0.104. The maximum Gasteiger partial charge on any atom is 0.230 e. The average molecular weight is 302 g/mol. The number of aliphatic hydroxyl groups is 1. The fourth-order valence-corrected chi connectivity index (χ4v) is 2.34. The van der Waals surface area contributed by atoms with Gasteiger partial charge in [0.1, 0.15) is 0 Å². The Morgan fingerprint density at radius 2 is 2.05 bits per heavy atom. The number of aliphatic hydroxyl groups excluding tert-OH is 1. The largest absolute Gasteiger partial charge is 0.391 e. The first kappa shape index (κ1) is 16.3. The molecule has 1 amide bonds. The van der Waals surface area contributed by atoms with E-state index >= 15 is 0 Å². The van der Waals surface area contributed by atoms with Crippen LogP contribution in [0.3, 0.4) is 0 Å². The summed E-state index contributed by atoms with van der Waals surface area (Å²) in [5.41, 5.74) is -0.233. The molecule has 0 radical (unpaired) electrons. The van der Waals surface area contributed by atoms with Crippen LogP contribution in [-0.2, 0) is 4.79 Å². The highest BCUT2D eigenvalue weighted by molar-refractivity contribution is 8.00. The molecule has 0 heterocycles. The molecule has 0 bridgehead atoms. The molecule has 106 valence electrons. The van der Waals surface area contributed by atoms with Crippen molar-refractivity contribution in [2.24, 2.45) is 5.41 Å². The van der Waals surface area contributed by atoms with Crippen LogP contribution in [0.2, 0.25) is 5.02 Å². The van der Waals surface area contributed by atoms with Gasteiger partial charge in [-0.2, -0.15) is 0 Å². The van der Waals surface area contributed by atoms with Crippen LogP contribution in [0.15, 0.2) is 29.2 Å². The molecule has 1 atom stereocenters. The van der Waals surface area contributed by atoms with Gasteiger partial charge in [0.25, 0.3) is 0 Å². The smallest absolute Gasteiger partial charge is 0.230 e. The fourth-order valence-electron chi connectivity index (χ4n) is 1.27. The summed E-state index contributed by atoms with van der Waals surface area (Å²) in [4.78, 5) is 12.6. The van der Waals surface area contributed by atoms with Crippen LogP contribution in [0.1, 0.15) is 20.8 Å². The number of hydrogen-bond donors (Lipinski definition) is 2. The molecule has 1 aromatic rings. The summed E-state index contributed by atoms with van der Waals surface area (Å²) in [6.45, 7) is 6.07. The van der Waals surface area contributed by atoms with Crippen LogP contribution < -0.4 is 5.32 Å². The van der Waals surface area contributed by atoms with Crippen molar-refractivity contribution >= 4 is 29.3 Å². The van der Waals surface area contributed by atoms with E-state index in [4.69, 9.17) is 11.6 Å². The van der Waals surface area contributed by atoms with Crippen molar-refractivity contribution in [1.29, 1.82) is 0 Å². The summed E-state index contributed by atoms with van der Waals surface area (Å²) in [6, 6.07) is 7.41. The van der Waals surface area contributed by atoms with Gasteiger partial charge in [0, 0.05) is 11.4 Å². The lowest BCUT2D eigenvalue weighted by Crippen LogP contribution is -2.39. The van der Waals surface area contributed by atoms with Crippen molar-refractivity contribution in [3.8, 4) is 0 Å². The molecule has 0 fully saturated rings. The summed E-state index contributed by atoms with van der Waals surface area (Å²) in [7, 11) is 0. The predicted octanol–water partition coefficient (Wildman–Crippen LogP) is 2.96. The summed E-state index contributed by atoms with van der Waals surface area (Å²) in [5, 5.41) is 13.2. The van der Waals surface area contributed by atoms with Gasteiger partial charge >= 0.3 is 0 Å². The van der Waals surface area contributed by atoms with E-state index in [9.17, 15) is 9.90 Å². The molecule has 0 aromatic heterocycles. The molecule has 19 heavy (non-hydrogen) atoms. The number of amides is 1. The van der Waals surface area contributed by atoms with E-state index in [1.54, 1.807) is 6.07 Å². The van der Waals surface area contributed by atoms with Crippen molar-refractivity contribution in [2.45, 2.75) is 31.8 Å². The first-order chi connectivity index (χ1) is 8.80. The highest BCUT2D eigenvalue weighted by Gasteiger charge is 2.22. The Bertz CT molecular complexity index is 432. The number of rotatable bonds is 5. The van der Waals surface area contributed by atoms with Crippen molar-refractivity contribution < 1.29 is 9.90 Å². The van der Waals surface area contributed by atoms with Gasteiger partial charge in [0.2, 0.25) is 5.91 Å². The highest BCUT2D eigenvalue weighted by atomic mass is 35.5. The Morgan fingerprint density at radius 1 is 1.42 bits per heavy atom. The van der Waals surface area contributed by atoms with Crippen LogP contribution in [-0.4, -0.2) is 29.4 Å². The van der Waals surface area contributed by atoms with Crippen LogP contribution >= 0.6 is 23.4 Å². The Kier molecular flexibility index (Phi) is 6.17. The van der Waals surface area contributed by atoms with E-state index in [2.05, 4.69) is 5.32 Å². The minimum atomic E-state index is -0.554. The lowest BCUT2D eigenvalue weighted by molar-refractivity contribution is -0.119. The molecule has 2 N–H and O–H groups in total. The van der Waals surface area contributed by atoms with Crippen molar-refractivity contribution in [3.63, 3.8) is 0 Å². The number of nitrogens with one attached hydrogen (secondary N) is 1. The normalized spacial score (nSPS) is 13.1. The zero-order valence-corrected chi connectivity index (χ0v) is 13.0. The van der Waals surface area contributed by atoms with Crippen molar-refractivity contribution in [3.05, 3.63) is 29.3 Å². The number of carbonyl (C=O) groups is 1. The Hall–Kier alpha value is -0.710. The van der Waals surface area contributed by atoms with Crippen LogP contribution in [0.5, 0.6) is 0 Å². The Labute approximate surface area is 123 Å². The summed E-state index contributed by atoms with van der Waals surface area (Å²) in [6.07, 6.45) is -0.554. The molecular weight excluding hydrogens is 282 g/mol. The second-order valence-electron chi connectivity index (χ2n) is 5.40. The summed E-state index contributed by atoms with van der Waals surface area (Å²) in [5.74, 6) is 0.189. The van der Waals surface area contributed by atoms with Gasteiger partial charge < -0.3 is 10.4 Å². The molecule has 0 saturated heterocycles. The zero-order chi connectivity index (χ0) is 14.5. The van der Waals surface area contributed by atoms with Gasteiger partial charge in [-0.15, -0.1) is 11.8 Å². The molecule has 1 unspecified atom stereocenters. The van der Waals surface area contributed by atoms with Crippen LogP contribution in [0, 0.1) is 5.41 Å². The molecule has 3 nitrogen and oxygen atoms in total. The van der Waals surface area contributed by atoms with Crippen molar-refractivity contribution in [1.82, 2.24) is 5.32 Å². The van der Waals surface area contributed by atoms with Crippen LogP contribution in [0.4, 0.5) is 0 Å². The van der Waals surface area contributed by atoms with Gasteiger partial charge in [-0.25, -0.2) is 0 Å². The zero-order valence-electron chi connectivity index (χ0n) is 11.4. The molecule has 0 aliphatic rings. The van der Waals surface area contributed by atoms with Gasteiger partial charge in [-0.3, -0.25) is 4.79 Å². The average Bonchev–Trinajstić information content (AvgIpc) is 2.33. The van der Waals surface area contributed by atoms with Crippen LogP contribution in [0.25, 0.3) is 0 Å². The maximum absolute atomic E-state index is 11.7. The summed E-state index contributed by atoms with van der Waals surface area (Å²) >= 11 is 7.39. The fraction of sp³-hybridized carbons (Fsp3) is 0.500. The van der Waals surface area contributed by atoms with Gasteiger partial charge in [0.05, 0.1) is 16.9 Å². The quantitative estimate of drug-likeness (QED) is 0.822. The maximum atomic E-state index is 11.7. The standard InChI is InChI=1S/C14H20ClNO2S/c1-14(2,3)12(17)8-16-13(18)9-19-11-7-5-4-6-10(11)15/h4-7,12,17H,8-9H2,1-3H3,(H,16,18). The van der Waals surface area contributed by atoms with Gasteiger partial charge in [-0.05, 0) is 17.5 Å². The molecule has 5 heteroatoms. The van der Waals surface area contributed by atoms with Crippen molar-refractivity contribution in [2.75, 3.05) is 12.3 Å². The third kappa shape index (κ3) is 5.85. The molecule has 1 aromatic carbocycles. The Balaban J connectivity index is 2.35. The second-order valence-corrected chi connectivity index (χ2v) is 6.83. The van der Waals surface area contributed by atoms with E-state index in [1.807, 2.05) is 39.0 Å².